The molecule has 0 saturated carbocycles. The van der Waals surface area contributed by atoms with Crippen LogP contribution in [0.1, 0.15) is 31.2 Å². The Hall–Kier alpha value is -0.770. The predicted molar refractivity (Wildman–Crippen MR) is 70.1 cm³/mol. The Labute approximate surface area is 101 Å². The second-order valence-electron chi connectivity index (χ2n) is 4.68. The van der Waals surface area contributed by atoms with E-state index in [-0.39, 0.29) is 0 Å². The molecule has 0 radical (unpaired) electrons. The van der Waals surface area contributed by atoms with Crippen molar-refractivity contribution in [1.82, 2.24) is 9.97 Å². The maximum absolute atomic E-state index is 4.48. The Balaban J connectivity index is 1.96. The molecule has 0 amide bonds. The van der Waals surface area contributed by atoms with Gasteiger partial charge in [-0.05, 0) is 39.4 Å². The lowest BCUT2D eigenvalue weighted by Gasteiger charge is -2.23. The van der Waals surface area contributed by atoms with Crippen LogP contribution in [0.5, 0.6) is 0 Å². The highest BCUT2D eigenvalue weighted by molar-refractivity contribution is 8.00. The number of nitrogens with zero attached hydrogens (tertiary/aromatic N) is 2. The van der Waals surface area contributed by atoms with Crippen molar-refractivity contribution >= 4 is 17.6 Å². The Morgan fingerprint density at radius 2 is 2.25 bits per heavy atom. The molecule has 3 nitrogen and oxygen atoms in total. The number of rotatable bonds is 3. The van der Waals surface area contributed by atoms with Crippen LogP contribution in [-0.4, -0.2) is 27.0 Å². The number of anilines is 1. The zero-order valence-electron chi connectivity index (χ0n) is 10.2. The fraction of sp³-hybridized carbons (Fsp3) is 0.667. The van der Waals surface area contributed by atoms with Gasteiger partial charge in [-0.15, -0.1) is 0 Å². The van der Waals surface area contributed by atoms with Crippen molar-refractivity contribution in [2.24, 2.45) is 0 Å². The number of hydrogen-bond donors (Lipinski definition) is 1. The molecule has 1 aliphatic rings. The Kier molecular flexibility index (Phi) is 3.38. The average Bonchev–Trinajstić information content (AvgIpc) is 2.68. The number of thioether (sulfide) groups is 1. The van der Waals surface area contributed by atoms with Crippen LogP contribution in [0.2, 0.25) is 0 Å². The van der Waals surface area contributed by atoms with Crippen molar-refractivity contribution in [1.29, 1.82) is 0 Å². The highest BCUT2D eigenvalue weighted by Gasteiger charge is 2.29. The second-order valence-corrected chi connectivity index (χ2v) is 6.36. The summed E-state index contributed by atoms with van der Waals surface area (Å²) in [5.41, 5.74) is 2.02. The minimum atomic E-state index is 0.375. The zero-order valence-corrected chi connectivity index (χ0v) is 11.0. The Morgan fingerprint density at radius 1 is 1.44 bits per heavy atom. The highest BCUT2D eigenvalue weighted by atomic mass is 32.2. The molecule has 1 aromatic heterocycles. The van der Waals surface area contributed by atoms with Crippen molar-refractivity contribution in [2.75, 3.05) is 17.6 Å². The zero-order chi connectivity index (χ0) is 11.6. The molecule has 0 spiro atoms. The summed E-state index contributed by atoms with van der Waals surface area (Å²) in [6.07, 6.45) is 4.45. The van der Waals surface area contributed by atoms with Gasteiger partial charge in [0.2, 0.25) is 0 Å². The molecule has 1 saturated heterocycles. The fourth-order valence-electron chi connectivity index (χ4n) is 1.88. The summed E-state index contributed by atoms with van der Waals surface area (Å²) in [5, 5.41) is 3.40. The molecule has 1 fully saturated rings. The van der Waals surface area contributed by atoms with Gasteiger partial charge >= 0.3 is 0 Å². The van der Waals surface area contributed by atoms with Gasteiger partial charge in [0.15, 0.2) is 0 Å². The first kappa shape index (κ1) is 11.7. The molecule has 0 aliphatic carbocycles. The fourth-order valence-corrected chi connectivity index (χ4v) is 3.13. The lowest BCUT2D eigenvalue weighted by Crippen LogP contribution is -2.27. The SMILES string of the molecule is Cc1ncc(NCC2(C)CCCS2)nc1C. The smallest absolute Gasteiger partial charge is 0.144 e. The topological polar surface area (TPSA) is 37.8 Å². The highest BCUT2D eigenvalue weighted by Crippen LogP contribution is 2.37. The molecule has 4 heteroatoms. The number of nitrogens with one attached hydrogen (secondary N) is 1. The summed E-state index contributed by atoms with van der Waals surface area (Å²) in [5.74, 6) is 2.19. The monoisotopic (exact) mass is 237 g/mol. The van der Waals surface area contributed by atoms with E-state index in [1.165, 1.54) is 18.6 Å². The lowest BCUT2D eigenvalue weighted by molar-refractivity contribution is 0.633. The maximum Gasteiger partial charge on any atom is 0.144 e. The van der Waals surface area contributed by atoms with E-state index in [1.807, 2.05) is 20.0 Å². The molecular formula is C12H19N3S. The summed E-state index contributed by atoms with van der Waals surface area (Å²) < 4.78 is 0.375. The van der Waals surface area contributed by atoms with E-state index in [2.05, 4.69) is 34.0 Å². The molecule has 88 valence electrons. The summed E-state index contributed by atoms with van der Waals surface area (Å²) in [4.78, 5) is 8.80. The maximum atomic E-state index is 4.48. The van der Waals surface area contributed by atoms with Crippen molar-refractivity contribution in [3.8, 4) is 0 Å². The molecule has 16 heavy (non-hydrogen) atoms. The van der Waals surface area contributed by atoms with Crippen LogP contribution >= 0.6 is 11.8 Å². The van der Waals surface area contributed by atoms with Crippen LogP contribution < -0.4 is 5.32 Å². The van der Waals surface area contributed by atoms with Gasteiger partial charge in [-0.3, -0.25) is 4.98 Å². The summed E-state index contributed by atoms with van der Waals surface area (Å²) in [7, 11) is 0. The molecular weight excluding hydrogens is 218 g/mol. The number of hydrogen-bond acceptors (Lipinski definition) is 4. The predicted octanol–water partition coefficient (Wildman–Crippen LogP) is 2.79. The molecule has 1 aromatic rings. The van der Waals surface area contributed by atoms with Crippen LogP contribution in [0.25, 0.3) is 0 Å². The van der Waals surface area contributed by atoms with Gasteiger partial charge < -0.3 is 5.32 Å². The van der Waals surface area contributed by atoms with E-state index in [9.17, 15) is 0 Å². The van der Waals surface area contributed by atoms with E-state index >= 15 is 0 Å². The number of aromatic nitrogens is 2. The molecule has 1 aliphatic heterocycles. The van der Waals surface area contributed by atoms with Gasteiger partial charge in [-0.2, -0.15) is 11.8 Å². The first-order valence-corrected chi connectivity index (χ1v) is 6.76. The first-order valence-electron chi connectivity index (χ1n) is 5.77. The van der Waals surface area contributed by atoms with Gasteiger partial charge in [0.1, 0.15) is 5.82 Å². The van der Waals surface area contributed by atoms with E-state index in [4.69, 9.17) is 0 Å². The van der Waals surface area contributed by atoms with Crippen LogP contribution in [0, 0.1) is 13.8 Å². The minimum absolute atomic E-state index is 0.375. The summed E-state index contributed by atoms with van der Waals surface area (Å²) in [6, 6.07) is 0. The summed E-state index contributed by atoms with van der Waals surface area (Å²) >= 11 is 2.06. The quantitative estimate of drug-likeness (QED) is 0.877. The second kappa shape index (κ2) is 4.62. The van der Waals surface area contributed by atoms with Crippen LogP contribution in [0.3, 0.4) is 0 Å². The van der Waals surface area contributed by atoms with Gasteiger partial charge in [-0.1, -0.05) is 0 Å². The molecule has 2 rings (SSSR count). The van der Waals surface area contributed by atoms with Gasteiger partial charge in [0, 0.05) is 11.3 Å². The Bertz CT molecular complexity index is 373. The van der Waals surface area contributed by atoms with E-state index in [1.54, 1.807) is 0 Å². The van der Waals surface area contributed by atoms with Gasteiger partial charge in [0.25, 0.3) is 0 Å². The van der Waals surface area contributed by atoms with Crippen molar-refractivity contribution in [3.63, 3.8) is 0 Å². The number of aryl methyl sites for hydroxylation is 2. The van der Waals surface area contributed by atoms with E-state index < -0.39 is 0 Å². The minimum Gasteiger partial charge on any atom is -0.367 e. The van der Waals surface area contributed by atoms with E-state index in [0.717, 1.165) is 23.8 Å². The molecule has 0 aromatic carbocycles. The Morgan fingerprint density at radius 3 is 2.88 bits per heavy atom. The third-order valence-electron chi connectivity index (χ3n) is 3.14. The van der Waals surface area contributed by atoms with E-state index in [0.29, 0.717) is 4.75 Å². The molecule has 1 unspecified atom stereocenters. The first-order chi connectivity index (χ1) is 7.59. The van der Waals surface area contributed by atoms with Gasteiger partial charge in [-0.25, -0.2) is 4.98 Å². The standard InChI is InChI=1S/C12H19N3S/c1-9-10(2)15-11(7-13-9)14-8-12(3)5-4-6-16-12/h7H,4-6,8H2,1-3H3,(H,14,15). The average molecular weight is 237 g/mol. The largest absolute Gasteiger partial charge is 0.367 e. The molecule has 1 atom stereocenters. The van der Waals surface area contributed by atoms with Crippen molar-refractivity contribution in [2.45, 2.75) is 38.4 Å². The van der Waals surface area contributed by atoms with Gasteiger partial charge in [0.05, 0.1) is 17.6 Å². The summed E-state index contributed by atoms with van der Waals surface area (Å²) in [6.45, 7) is 7.29. The molecule has 2 heterocycles. The van der Waals surface area contributed by atoms with Crippen molar-refractivity contribution in [3.05, 3.63) is 17.6 Å². The molecule has 0 bridgehead atoms. The van der Waals surface area contributed by atoms with Crippen LogP contribution in [-0.2, 0) is 0 Å². The van der Waals surface area contributed by atoms with Crippen molar-refractivity contribution < 1.29 is 0 Å². The van der Waals surface area contributed by atoms with Crippen LogP contribution in [0.15, 0.2) is 6.20 Å². The lowest BCUT2D eigenvalue weighted by atomic mass is 10.1. The molecule has 1 N–H and O–H groups in total. The van der Waals surface area contributed by atoms with Crippen LogP contribution in [0.4, 0.5) is 5.82 Å². The normalized spacial score (nSPS) is 24.7. The third kappa shape index (κ3) is 2.67. The third-order valence-corrected chi connectivity index (χ3v) is 4.67.